The number of ether oxygens (including phenoxy) is 1. The van der Waals surface area contributed by atoms with E-state index >= 15 is 0 Å². The van der Waals surface area contributed by atoms with Gasteiger partial charge in [0.25, 0.3) is 0 Å². The van der Waals surface area contributed by atoms with E-state index in [0.717, 1.165) is 23.2 Å². The average molecular weight is 408 g/mol. The fourth-order valence-corrected chi connectivity index (χ4v) is 4.36. The molecular weight excluding hydrogens is 386 g/mol. The molecule has 0 saturated heterocycles. The molecule has 6 nitrogen and oxygen atoms in total. The molecule has 3 aromatic rings. The number of fused-ring (bicyclic) bond motifs is 1. The Morgan fingerprint density at radius 3 is 2.82 bits per heavy atom. The van der Waals surface area contributed by atoms with Crippen molar-refractivity contribution < 1.29 is 17.7 Å². The molecule has 0 aliphatic carbocycles. The number of pyridine rings is 1. The Kier molecular flexibility index (Phi) is 6.35. The van der Waals surface area contributed by atoms with Gasteiger partial charge in [-0.25, -0.2) is 18.7 Å². The largest absolute Gasteiger partial charge is 0.383 e. The van der Waals surface area contributed by atoms with E-state index in [0.29, 0.717) is 30.8 Å². The van der Waals surface area contributed by atoms with Crippen LogP contribution in [0.5, 0.6) is 0 Å². The summed E-state index contributed by atoms with van der Waals surface area (Å²) in [7, 11) is 0.0691. The molecule has 0 aliphatic rings. The van der Waals surface area contributed by atoms with Crippen LogP contribution in [0.25, 0.3) is 11.0 Å². The topological polar surface area (TPSA) is 83.0 Å². The van der Waals surface area contributed by atoms with Crippen LogP contribution in [0.15, 0.2) is 35.6 Å². The average Bonchev–Trinajstić information content (AvgIpc) is 3.10. The summed E-state index contributed by atoms with van der Waals surface area (Å²) >= 11 is 0. The van der Waals surface area contributed by atoms with Gasteiger partial charge < -0.3 is 15.0 Å². The summed E-state index contributed by atoms with van der Waals surface area (Å²) in [6, 6.07) is 3.05. The number of rotatable bonds is 8. The molecule has 0 amide bonds. The summed E-state index contributed by atoms with van der Waals surface area (Å²) in [5, 5.41) is 0. The lowest BCUT2D eigenvalue weighted by molar-refractivity contribution is 0.152. The predicted octanol–water partition coefficient (Wildman–Crippen LogP) is 3.38. The first-order valence-electron chi connectivity index (χ1n) is 8.82. The van der Waals surface area contributed by atoms with Crippen molar-refractivity contribution in [3.63, 3.8) is 0 Å². The Hall–Kier alpha value is -2.39. The smallest absolute Gasteiger partial charge is 0.151 e. The van der Waals surface area contributed by atoms with E-state index in [1.54, 1.807) is 19.6 Å². The molecule has 2 aromatic heterocycles. The second kappa shape index (κ2) is 8.74. The van der Waals surface area contributed by atoms with Crippen LogP contribution < -0.4 is 5.73 Å². The zero-order valence-corrected chi connectivity index (χ0v) is 16.5. The van der Waals surface area contributed by atoms with Crippen LogP contribution >= 0.6 is 0 Å². The van der Waals surface area contributed by atoms with E-state index in [-0.39, 0.29) is 16.7 Å². The fourth-order valence-electron chi connectivity index (χ4n) is 3.22. The number of nitrogens with zero attached hydrogens (tertiary/aromatic N) is 3. The van der Waals surface area contributed by atoms with Crippen molar-refractivity contribution in [1.82, 2.24) is 14.5 Å². The molecule has 1 aromatic carbocycles. The fraction of sp³-hybridized carbons (Fsp3) is 0.368. The van der Waals surface area contributed by atoms with Gasteiger partial charge in [-0.15, -0.1) is 0 Å². The molecule has 0 aliphatic heterocycles. The van der Waals surface area contributed by atoms with Crippen LogP contribution in [0, 0.1) is 18.6 Å². The van der Waals surface area contributed by atoms with Crippen molar-refractivity contribution in [1.29, 1.82) is 0 Å². The van der Waals surface area contributed by atoms with Crippen molar-refractivity contribution in [2.75, 3.05) is 25.2 Å². The second-order valence-corrected chi connectivity index (χ2v) is 8.09. The van der Waals surface area contributed by atoms with Gasteiger partial charge in [0.1, 0.15) is 17.2 Å². The monoisotopic (exact) mass is 408 g/mol. The number of hydrogen-bond acceptors (Lipinski definition) is 5. The highest BCUT2D eigenvalue weighted by Gasteiger charge is 2.18. The normalized spacial score (nSPS) is 13.7. The Bertz CT molecular complexity index is 1010. The van der Waals surface area contributed by atoms with Gasteiger partial charge in [0.15, 0.2) is 5.82 Å². The third kappa shape index (κ3) is 4.20. The van der Waals surface area contributed by atoms with E-state index < -0.39 is 22.4 Å². The van der Waals surface area contributed by atoms with Crippen LogP contribution in [0.2, 0.25) is 0 Å². The van der Waals surface area contributed by atoms with Crippen LogP contribution in [0.4, 0.5) is 14.6 Å². The lowest BCUT2D eigenvalue weighted by Gasteiger charge is -2.19. The standard InChI is InChI=1S/C19H22F2N4O2S/c1-12-9-23-19(22)17-18(12)25(11-24-17)14(10-27-2)4-3-7-28(26)16-6-5-13(20)8-15(16)21/h5-6,8-9,11,14H,3-4,7,10H2,1-2H3,(H2,22,23). The molecule has 3 rings (SSSR count). The third-order valence-electron chi connectivity index (χ3n) is 4.57. The third-order valence-corrected chi connectivity index (χ3v) is 6.05. The van der Waals surface area contributed by atoms with Gasteiger partial charge in [0, 0.05) is 25.1 Å². The zero-order valence-electron chi connectivity index (χ0n) is 15.7. The molecule has 2 atom stereocenters. The molecule has 0 saturated carbocycles. The number of hydrogen-bond donors (Lipinski definition) is 1. The van der Waals surface area contributed by atoms with Crippen LogP contribution in [-0.4, -0.2) is 38.2 Å². The number of imidazole rings is 1. The van der Waals surface area contributed by atoms with Gasteiger partial charge in [-0.2, -0.15) is 0 Å². The molecule has 28 heavy (non-hydrogen) atoms. The van der Waals surface area contributed by atoms with Crippen molar-refractivity contribution in [3.05, 3.63) is 47.9 Å². The molecule has 9 heteroatoms. The highest BCUT2D eigenvalue weighted by molar-refractivity contribution is 7.85. The number of benzene rings is 1. The minimum Gasteiger partial charge on any atom is -0.383 e. The number of aryl methyl sites for hydroxylation is 1. The van der Waals surface area contributed by atoms with E-state index in [4.69, 9.17) is 10.5 Å². The number of nitrogens with two attached hydrogens (primary N) is 1. The second-order valence-electron chi connectivity index (χ2n) is 6.55. The maximum absolute atomic E-state index is 13.8. The van der Waals surface area contributed by atoms with Crippen molar-refractivity contribution in [2.45, 2.75) is 30.7 Å². The zero-order chi connectivity index (χ0) is 20.3. The van der Waals surface area contributed by atoms with Gasteiger partial charge >= 0.3 is 0 Å². The molecule has 0 bridgehead atoms. The van der Waals surface area contributed by atoms with E-state index in [9.17, 15) is 13.0 Å². The SMILES string of the molecule is COCC(CCCS(=O)c1ccc(F)cc1F)n1cnc2c(N)ncc(C)c21. The summed E-state index contributed by atoms with van der Waals surface area (Å²) in [6.45, 7) is 2.37. The maximum atomic E-state index is 13.8. The van der Waals surface area contributed by atoms with Gasteiger partial charge in [0.2, 0.25) is 0 Å². The van der Waals surface area contributed by atoms with E-state index in [2.05, 4.69) is 9.97 Å². The summed E-state index contributed by atoms with van der Waals surface area (Å²) in [5.41, 5.74) is 8.39. The van der Waals surface area contributed by atoms with Crippen molar-refractivity contribution in [3.8, 4) is 0 Å². The number of methoxy groups -OCH3 is 1. The Balaban J connectivity index is 1.74. The molecule has 2 N–H and O–H groups in total. The molecule has 0 fully saturated rings. The predicted molar refractivity (Wildman–Crippen MR) is 104 cm³/mol. The number of nitrogen functional groups attached to an aromatic ring is 1. The summed E-state index contributed by atoms with van der Waals surface area (Å²) in [5.74, 6) is -0.846. The Labute approximate surface area is 164 Å². The van der Waals surface area contributed by atoms with Gasteiger partial charge in [-0.3, -0.25) is 4.21 Å². The molecular formula is C19H22F2N4O2S. The maximum Gasteiger partial charge on any atom is 0.151 e. The lowest BCUT2D eigenvalue weighted by Crippen LogP contribution is -2.16. The van der Waals surface area contributed by atoms with Crippen molar-refractivity contribution in [2.24, 2.45) is 0 Å². The summed E-state index contributed by atoms with van der Waals surface area (Å²) in [6.07, 6.45) is 4.62. The minimum atomic E-state index is -1.54. The minimum absolute atomic E-state index is 0.0208. The van der Waals surface area contributed by atoms with Gasteiger partial charge in [-0.05, 0) is 37.5 Å². The first-order valence-corrected chi connectivity index (χ1v) is 10.1. The number of anilines is 1. The summed E-state index contributed by atoms with van der Waals surface area (Å²) in [4.78, 5) is 8.52. The quantitative estimate of drug-likeness (QED) is 0.618. The molecule has 0 spiro atoms. The van der Waals surface area contributed by atoms with Crippen LogP contribution in [0.3, 0.4) is 0 Å². The lowest BCUT2D eigenvalue weighted by atomic mass is 10.1. The molecule has 2 unspecified atom stereocenters. The van der Waals surface area contributed by atoms with Crippen LogP contribution in [-0.2, 0) is 15.5 Å². The molecule has 0 radical (unpaired) electrons. The Morgan fingerprint density at radius 2 is 2.11 bits per heavy atom. The molecule has 2 heterocycles. The molecule has 150 valence electrons. The highest BCUT2D eigenvalue weighted by Crippen LogP contribution is 2.27. The summed E-state index contributed by atoms with van der Waals surface area (Å²) < 4.78 is 46.6. The van der Waals surface area contributed by atoms with Crippen LogP contribution in [0.1, 0.15) is 24.4 Å². The van der Waals surface area contributed by atoms with E-state index in [1.165, 1.54) is 6.07 Å². The first kappa shape index (κ1) is 20.3. The first-order chi connectivity index (χ1) is 13.4. The Morgan fingerprint density at radius 1 is 1.32 bits per heavy atom. The van der Waals surface area contributed by atoms with Crippen molar-refractivity contribution >= 4 is 27.7 Å². The number of halogens is 2. The van der Waals surface area contributed by atoms with E-state index in [1.807, 2.05) is 11.5 Å². The number of aromatic nitrogens is 3. The van der Waals surface area contributed by atoms with Gasteiger partial charge in [-0.1, -0.05) is 0 Å². The highest BCUT2D eigenvalue weighted by atomic mass is 32.2. The van der Waals surface area contributed by atoms with Gasteiger partial charge in [0.05, 0.1) is 40.2 Å².